The molecule has 0 atom stereocenters. The Balaban J connectivity index is 1.80. The average Bonchev–Trinajstić information content (AvgIpc) is 3.20. The van der Waals surface area contributed by atoms with Crippen LogP contribution in [0.15, 0.2) is 35.1 Å². The molecule has 130 valence electrons. The largest absolute Gasteiger partial charge is 0.455 e. The van der Waals surface area contributed by atoms with Gasteiger partial charge in [0.05, 0.1) is 16.1 Å². The predicted octanol–water partition coefficient (Wildman–Crippen LogP) is 4.43. The molecule has 1 saturated carbocycles. The molecular weight excluding hydrogens is 338 g/mol. The summed E-state index contributed by atoms with van der Waals surface area (Å²) in [6.45, 7) is 4.13. The molecule has 5 nitrogen and oxygen atoms in total. The number of aryl methyl sites for hydroxylation is 1. The standard InChI is InChI=1S/C19H20ClN3O2/c1-3-11-8-12(21)9-14(20)17(11)25-13-4-5-15-16(10-13)23(18(24)22-15)19(2)6-7-19/h4-5,8-10H,3,6-7,21H2,1-2H3,(H,22,24). The van der Waals surface area contributed by atoms with Crippen molar-refractivity contribution in [3.63, 3.8) is 0 Å². The van der Waals surface area contributed by atoms with E-state index >= 15 is 0 Å². The van der Waals surface area contributed by atoms with Crippen LogP contribution in [0.3, 0.4) is 0 Å². The molecule has 3 aromatic rings. The summed E-state index contributed by atoms with van der Waals surface area (Å²) in [5.74, 6) is 1.26. The van der Waals surface area contributed by atoms with Crippen LogP contribution in [0.5, 0.6) is 11.5 Å². The van der Waals surface area contributed by atoms with Crippen molar-refractivity contribution in [1.82, 2.24) is 9.55 Å². The van der Waals surface area contributed by atoms with Crippen LogP contribution in [0.25, 0.3) is 11.0 Å². The minimum absolute atomic E-state index is 0.0769. The van der Waals surface area contributed by atoms with Gasteiger partial charge >= 0.3 is 5.69 Å². The smallest absolute Gasteiger partial charge is 0.326 e. The fourth-order valence-corrected chi connectivity index (χ4v) is 3.54. The summed E-state index contributed by atoms with van der Waals surface area (Å²) in [7, 11) is 0. The minimum Gasteiger partial charge on any atom is -0.455 e. The summed E-state index contributed by atoms with van der Waals surface area (Å²) in [6, 6.07) is 9.15. The summed E-state index contributed by atoms with van der Waals surface area (Å²) in [5, 5.41) is 0.484. The van der Waals surface area contributed by atoms with Crippen LogP contribution in [0.4, 0.5) is 5.69 Å². The van der Waals surface area contributed by atoms with Gasteiger partial charge in [0.15, 0.2) is 0 Å². The molecule has 0 spiro atoms. The highest BCUT2D eigenvalue weighted by Gasteiger charge is 2.41. The number of fused-ring (bicyclic) bond motifs is 1. The Labute approximate surface area is 150 Å². The van der Waals surface area contributed by atoms with Crippen LogP contribution in [0, 0.1) is 0 Å². The van der Waals surface area contributed by atoms with E-state index in [4.69, 9.17) is 22.1 Å². The number of aromatic amines is 1. The number of ether oxygens (including phenoxy) is 1. The first-order valence-corrected chi connectivity index (χ1v) is 8.80. The second-order valence-electron chi connectivity index (χ2n) is 6.89. The highest BCUT2D eigenvalue weighted by atomic mass is 35.5. The molecule has 1 aliphatic rings. The van der Waals surface area contributed by atoms with Crippen LogP contribution >= 0.6 is 11.6 Å². The third-order valence-corrected chi connectivity index (χ3v) is 5.19. The van der Waals surface area contributed by atoms with E-state index < -0.39 is 0 Å². The molecule has 4 rings (SSSR count). The van der Waals surface area contributed by atoms with Gasteiger partial charge in [0.1, 0.15) is 11.5 Å². The monoisotopic (exact) mass is 357 g/mol. The normalized spacial score (nSPS) is 15.5. The van der Waals surface area contributed by atoms with Gasteiger partial charge in [-0.15, -0.1) is 0 Å². The van der Waals surface area contributed by atoms with E-state index in [1.165, 1.54) is 0 Å². The van der Waals surface area contributed by atoms with Crippen molar-refractivity contribution < 1.29 is 4.74 Å². The highest BCUT2D eigenvalue weighted by Crippen LogP contribution is 2.44. The number of nitrogens with zero attached hydrogens (tertiary/aromatic N) is 1. The number of nitrogen functional groups attached to an aromatic ring is 1. The molecule has 2 aromatic carbocycles. The molecule has 1 heterocycles. The van der Waals surface area contributed by atoms with E-state index in [1.54, 1.807) is 6.07 Å². The number of aromatic nitrogens is 2. The van der Waals surface area contributed by atoms with Gasteiger partial charge in [-0.3, -0.25) is 4.57 Å². The number of nitrogens with one attached hydrogen (secondary N) is 1. The van der Waals surface area contributed by atoms with E-state index in [0.717, 1.165) is 35.9 Å². The molecule has 1 aromatic heterocycles. The zero-order valence-corrected chi connectivity index (χ0v) is 15.0. The molecule has 0 unspecified atom stereocenters. The molecule has 1 fully saturated rings. The maximum absolute atomic E-state index is 12.3. The molecule has 0 saturated heterocycles. The molecule has 0 aliphatic heterocycles. The second-order valence-corrected chi connectivity index (χ2v) is 7.30. The van der Waals surface area contributed by atoms with Crippen molar-refractivity contribution in [2.24, 2.45) is 0 Å². The van der Waals surface area contributed by atoms with Gasteiger partial charge in [0.25, 0.3) is 0 Å². The third kappa shape index (κ3) is 2.68. The number of halogens is 1. The van der Waals surface area contributed by atoms with Crippen molar-refractivity contribution >= 4 is 28.3 Å². The van der Waals surface area contributed by atoms with Crippen molar-refractivity contribution in [2.45, 2.75) is 38.6 Å². The van der Waals surface area contributed by atoms with Gasteiger partial charge in [0.2, 0.25) is 0 Å². The number of rotatable bonds is 4. The van der Waals surface area contributed by atoms with Gasteiger partial charge in [-0.25, -0.2) is 4.79 Å². The van der Waals surface area contributed by atoms with Crippen LogP contribution in [0.1, 0.15) is 32.3 Å². The number of benzene rings is 2. The van der Waals surface area contributed by atoms with Crippen LogP contribution in [-0.4, -0.2) is 9.55 Å². The molecular formula is C19H20ClN3O2. The summed E-state index contributed by atoms with van der Waals surface area (Å²) in [6.07, 6.45) is 2.78. The van der Waals surface area contributed by atoms with E-state index in [1.807, 2.05) is 35.8 Å². The lowest BCUT2D eigenvalue weighted by Gasteiger charge is -2.14. The maximum atomic E-state index is 12.3. The van der Waals surface area contributed by atoms with Gasteiger partial charge in [-0.2, -0.15) is 0 Å². The number of anilines is 1. The summed E-state index contributed by atoms with van der Waals surface area (Å²) in [5.41, 5.74) is 8.92. The lowest BCUT2D eigenvalue weighted by Crippen LogP contribution is -2.25. The number of nitrogens with two attached hydrogens (primary N) is 1. The van der Waals surface area contributed by atoms with Gasteiger partial charge < -0.3 is 15.5 Å². The maximum Gasteiger partial charge on any atom is 0.326 e. The minimum atomic E-state index is -0.0959. The SMILES string of the molecule is CCc1cc(N)cc(Cl)c1Oc1ccc2[nH]c(=O)n(C3(C)CC3)c2c1. The Morgan fingerprint density at radius 3 is 2.76 bits per heavy atom. The van der Waals surface area contributed by atoms with Gasteiger partial charge in [-0.1, -0.05) is 18.5 Å². The molecule has 0 amide bonds. The van der Waals surface area contributed by atoms with Crippen LogP contribution < -0.4 is 16.2 Å². The number of H-pyrrole nitrogens is 1. The van der Waals surface area contributed by atoms with E-state index in [2.05, 4.69) is 11.9 Å². The van der Waals surface area contributed by atoms with Crippen LogP contribution in [-0.2, 0) is 12.0 Å². The molecule has 3 N–H and O–H groups in total. The van der Waals surface area contributed by atoms with Crippen LogP contribution in [0.2, 0.25) is 5.02 Å². The predicted molar refractivity (Wildman–Crippen MR) is 101 cm³/mol. The fourth-order valence-electron chi connectivity index (χ4n) is 3.26. The summed E-state index contributed by atoms with van der Waals surface area (Å²) >= 11 is 6.33. The first-order chi connectivity index (χ1) is 11.9. The Hall–Kier alpha value is -2.40. The van der Waals surface area contributed by atoms with Crippen molar-refractivity contribution in [3.8, 4) is 11.5 Å². The molecule has 25 heavy (non-hydrogen) atoms. The highest BCUT2D eigenvalue weighted by molar-refractivity contribution is 6.32. The average molecular weight is 358 g/mol. The van der Waals surface area contributed by atoms with E-state index in [9.17, 15) is 4.79 Å². The lowest BCUT2D eigenvalue weighted by molar-refractivity contribution is 0.476. The molecule has 0 bridgehead atoms. The fraction of sp³-hybridized carbons (Fsp3) is 0.316. The number of hydrogen-bond donors (Lipinski definition) is 2. The molecule has 1 aliphatic carbocycles. The quantitative estimate of drug-likeness (QED) is 0.678. The van der Waals surface area contributed by atoms with Crippen molar-refractivity contribution in [1.29, 1.82) is 0 Å². The second kappa shape index (κ2) is 5.56. The van der Waals surface area contributed by atoms with Crippen molar-refractivity contribution in [2.75, 3.05) is 5.73 Å². The third-order valence-electron chi connectivity index (χ3n) is 4.91. The van der Waals surface area contributed by atoms with E-state index in [-0.39, 0.29) is 11.2 Å². The van der Waals surface area contributed by atoms with Gasteiger partial charge in [0, 0.05) is 17.3 Å². The van der Waals surface area contributed by atoms with Crippen molar-refractivity contribution in [3.05, 3.63) is 51.4 Å². The Morgan fingerprint density at radius 1 is 1.32 bits per heavy atom. The molecule has 0 radical (unpaired) electrons. The van der Waals surface area contributed by atoms with Gasteiger partial charge in [-0.05, 0) is 56.0 Å². The lowest BCUT2D eigenvalue weighted by atomic mass is 10.1. The Bertz CT molecular complexity index is 1030. The first-order valence-electron chi connectivity index (χ1n) is 8.42. The van der Waals surface area contributed by atoms with E-state index in [0.29, 0.717) is 22.2 Å². The topological polar surface area (TPSA) is 73.0 Å². The number of hydrogen-bond acceptors (Lipinski definition) is 3. The number of imidazole rings is 1. The Kier molecular flexibility index (Phi) is 3.58. The summed E-state index contributed by atoms with van der Waals surface area (Å²) in [4.78, 5) is 15.2. The first kappa shape index (κ1) is 16.1. The Morgan fingerprint density at radius 2 is 2.08 bits per heavy atom. The zero-order valence-electron chi connectivity index (χ0n) is 14.2. The zero-order chi connectivity index (χ0) is 17.8. The molecule has 6 heteroatoms. The summed E-state index contributed by atoms with van der Waals surface area (Å²) < 4.78 is 7.91.